The molecule has 0 rings (SSSR count). The molecule has 0 saturated heterocycles. The van der Waals surface area contributed by atoms with Crippen molar-refractivity contribution in [3.63, 3.8) is 0 Å². The maximum absolute atomic E-state index is 5.87. The average Bonchev–Trinajstić information content (AvgIpc) is 2.16. The summed E-state index contributed by atoms with van der Waals surface area (Å²) < 4.78 is 0. The topological polar surface area (TPSA) is 38.5 Å². The van der Waals surface area contributed by atoms with Gasteiger partial charge in [-0.15, -0.1) is 0 Å². The van der Waals surface area contributed by atoms with E-state index < -0.39 is 0 Å². The van der Waals surface area contributed by atoms with Gasteiger partial charge in [-0.05, 0) is 25.3 Å². The molecule has 14 heavy (non-hydrogen) atoms. The van der Waals surface area contributed by atoms with Crippen molar-refractivity contribution in [1.29, 1.82) is 0 Å². The minimum absolute atomic E-state index is 0.706. The zero-order valence-electron chi connectivity index (χ0n) is 9.92. The Balaban J connectivity index is 4.96. The highest BCUT2D eigenvalue weighted by Crippen LogP contribution is 2.18. The number of allylic oxidation sites excluding steroid dienone is 2. The molecule has 0 heterocycles. The van der Waals surface area contributed by atoms with Gasteiger partial charge >= 0.3 is 0 Å². The van der Waals surface area contributed by atoms with E-state index in [0.717, 1.165) is 18.6 Å². The number of hydrogen-bond donors (Lipinski definition) is 1. The lowest BCUT2D eigenvalue weighted by atomic mass is 10.1. The van der Waals surface area contributed by atoms with Crippen molar-refractivity contribution in [2.75, 3.05) is 14.1 Å². The minimum atomic E-state index is 0.706. The third kappa shape index (κ3) is 3.83. The van der Waals surface area contributed by atoms with Gasteiger partial charge in [-0.2, -0.15) is 5.06 Å². The first-order chi connectivity index (χ1) is 6.56. The lowest BCUT2D eigenvalue weighted by molar-refractivity contribution is -0.0714. The molecule has 0 aromatic heterocycles. The summed E-state index contributed by atoms with van der Waals surface area (Å²) in [6.07, 6.45) is 3.80. The van der Waals surface area contributed by atoms with E-state index in [1.54, 1.807) is 5.06 Å². The Kier molecular flexibility index (Phi) is 6.04. The van der Waals surface area contributed by atoms with Crippen molar-refractivity contribution in [3.05, 3.63) is 23.1 Å². The van der Waals surface area contributed by atoms with Crippen LogP contribution >= 0.6 is 0 Å². The second-order valence-electron chi connectivity index (χ2n) is 3.29. The smallest absolute Gasteiger partial charge is 0.169 e. The summed E-state index contributed by atoms with van der Waals surface area (Å²) in [5, 5.41) is 1.66. The standard InChI is InChI=1S/C11H22N2O/c1-6-9(7-2)11(10(12)8-3)14-13(4)5/h8H,6-7,12H2,1-5H3/b10-8+. The Labute approximate surface area is 87.2 Å². The van der Waals surface area contributed by atoms with E-state index >= 15 is 0 Å². The third-order valence-corrected chi connectivity index (χ3v) is 2.02. The van der Waals surface area contributed by atoms with Crippen LogP contribution in [0.3, 0.4) is 0 Å². The van der Waals surface area contributed by atoms with Gasteiger partial charge < -0.3 is 10.6 Å². The molecule has 0 spiro atoms. The zero-order valence-corrected chi connectivity index (χ0v) is 9.92. The van der Waals surface area contributed by atoms with Crippen LogP contribution in [0.5, 0.6) is 0 Å². The molecule has 0 radical (unpaired) electrons. The molecule has 0 aliphatic heterocycles. The number of rotatable bonds is 5. The first-order valence-corrected chi connectivity index (χ1v) is 5.06. The average molecular weight is 198 g/mol. The van der Waals surface area contributed by atoms with Crippen LogP contribution in [0.1, 0.15) is 33.6 Å². The molecule has 0 amide bonds. The summed E-state index contributed by atoms with van der Waals surface area (Å²) in [4.78, 5) is 5.57. The SMILES string of the molecule is C/C=C(/N)C(ON(C)C)=C(CC)CC. The molecule has 0 aliphatic carbocycles. The van der Waals surface area contributed by atoms with Gasteiger partial charge in [-0.25, -0.2) is 0 Å². The Morgan fingerprint density at radius 2 is 1.79 bits per heavy atom. The maximum Gasteiger partial charge on any atom is 0.169 e. The number of nitrogens with two attached hydrogens (primary N) is 1. The maximum atomic E-state index is 5.87. The van der Waals surface area contributed by atoms with Gasteiger partial charge in [-0.1, -0.05) is 19.9 Å². The van der Waals surface area contributed by atoms with Gasteiger partial charge in [-0.3, -0.25) is 0 Å². The molecule has 0 aromatic carbocycles. The summed E-state index contributed by atoms with van der Waals surface area (Å²) in [7, 11) is 3.71. The fraction of sp³-hybridized carbons (Fsp3) is 0.636. The van der Waals surface area contributed by atoms with E-state index in [9.17, 15) is 0 Å². The highest BCUT2D eigenvalue weighted by molar-refractivity contribution is 5.27. The molecule has 2 N–H and O–H groups in total. The van der Waals surface area contributed by atoms with Crippen molar-refractivity contribution in [3.8, 4) is 0 Å². The first-order valence-electron chi connectivity index (χ1n) is 5.06. The third-order valence-electron chi connectivity index (χ3n) is 2.02. The highest BCUT2D eigenvalue weighted by Gasteiger charge is 2.09. The van der Waals surface area contributed by atoms with E-state index in [-0.39, 0.29) is 0 Å². The monoisotopic (exact) mass is 198 g/mol. The van der Waals surface area contributed by atoms with Crippen LogP contribution in [0.15, 0.2) is 23.1 Å². The minimum Gasteiger partial charge on any atom is -0.404 e. The van der Waals surface area contributed by atoms with E-state index in [2.05, 4.69) is 13.8 Å². The first kappa shape index (κ1) is 13.0. The van der Waals surface area contributed by atoms with Crippen molar-refractivity contribution >= 4 is 0 Å². The van der Waals surface area contributed by atoms with Crippen LogP contribution in [0.25, 0.3) is 0 Å². The summed E-state index contributed by atoms with van der Waals surface area (Å²) >= 11 is 0. The molecule has 3 heteroatoms. The van der Waals surface area contributed by atoms with Crippen LogP contribution in [0, 0.1) is 0 Å². The Bertz CT molecular complexity index is 223. The zero-order chi connectivity index (χ0) is 11.1. The molecule has 0 fully saturated rings. The fourth-order valence-corrected chi connectivity index (χ4v) is 1.21. The second kappa shape index (κ2) is 6.49. The van der Waals surface area contributed by atoms with Crippen molar-refractivity contribution < 1.29 is 4.84 Å². The molecular weight excluding hydrogens is 176 g/mol. The Hall–Kier alpha value is -0.960. The fourth-order valence-electron chi connectivity index (χ4n) is 1.21. The van der Waals surface area contributed by atoms with E-state index in [1.165, 1.54) is 5.57 Å². The number of hydroxylamine groups is 2. The lowest BCUT2D eigenvalue weighted by Gasteiger charge is -2.18. The quantitative estimate of drug-likeness (QED) is 0.419. The van der Waals surface area contributed by atoms with Crippen LogP contribution in [0.4, 0.5) is 0 Å². The molecule has 82 valence electrons. The van der Waals surface area contributed by atoms with E-state index in [4.69, 9.17) is 10.6 Å². The number of hydrogen-bond acceptors (Lipinski definition) is 3. The van der Waals surface area contributed by atoms with Crippen LogP contribution < -0.4 is 5.73 Å². The molecule has 0 aliphatic rings. The summed E-state index contributed by atoms with van der Waals surface area (Å²) in [6.45, 7) is 6.14. The van der Waals surface area contributed by atoms with Crippen molar-refractivity contribution in [2.45, 2.75) is 33.6 Å². The van der Waals surface area contributed by atoms with Gasteiger partial charge in [0.05, 0.1) is 5.70 Å². The molecule has 0 atom stereocenters. The number of nitrogens with zero attached hydrogens (tertiary/aromatic N) is 1. The molecule has 0 unspecified atom stereocenters. The van der Waals surface area contributed by atoms with Crippen molar-refractivity contribution in [1.82, 2.24) is 5.06 Å². The van der Waals surface area contributed by atoms with Gasteiger partial charge in [0.25, 0.3) is 0 Å². The van der Waals surface area contributed by atoms with E-state index in [0.29, 0.717) is 5.70 Å². The molecule has 0 bridgehead atoms. The van der Waals surface area contributed by atoms with Gasteiger partial charge in [0, 0.05) is 14.1 Å². The predicted molar refractivity (Wildman–Crippen MR) is 60.3 cm³/mol. The lowest BCUT2D eigenvalue weighted by Crippen LogP contribution is -2.17. The molecule has 0 aromatic rings. The summed E-state index contributed by atoms with van der Waals surface area (Å²) in [5.41, 5.74) is 7.82. The van der Waals surface area contributed by atoms with Gasteiger partial charge in [0.1, 0.15) is 0 Å². The van der Waals surface area contributed by atoms with E-state index in [1.807, 2.05) is 27.1 Å². The second-order valence-corrected chi connectivity index (χ2v) is 3.29. The molecule has 3 nitrogen and oxygen atoms in total. The predicted octanol–water partition coefficient (Wildman–Crippen LogP) is 2.42. The van der Waals surface area contributed by atoms with Crippen LogP contribution in [-0.2, 0) is 4.84 Å². The molecular formula is C11H22N2O. The molecule has 0 saturated carbocycles. The highest BCUT2D eigenvalue weighted by atomic mass is 16.7. The Morgan fingerprint density at radius 1 is 1.29 bits per heavy atom. The largest absolute Gasteiger partial charge is 0.404 e. The van der Waals surface area contributed by atoms with Crippen LogP contribution in [0.2, 0.25) is 0 Å². The van der Waals surface area contributed by atoms with Gasteiger partial charge in [0.15, 0.2) is 5.76 Å². The van der Waals surface area contributed by atoms with Gasteiger partial charge in [0.2, 0.25) is 0 Å². The normalized spacial score (nSPS) is 11.7. The van der Waals surface area contributed by atoms with Crippen molar-refractivity contribution in [2.24, 2.45) is 5.73 Å². The summed E-state index contributed by atoms with van der Waals surface area (Å²) in [5.74, 6) is 0.808. The Morgan fingerprint density at radius 3 is 2.07 bits per heavy atom. The summed E-state index contributed by atoms with van der Waals surface area (Å²) in [6, 6.07) is 0. The van der Waals surface area contributed by atoms with Crippen LogP contribution in [-0.4, -0.2) is 19.2 Å².